The average Bonchev–Trinajstić information content (AvgIpc) is 2.91. The van der Waals surface area contributed by atoms with E-state index in [1.54, 1.807) is 0 Å². The van der Waals surface area contributed by atoms with Gasteiger partial charge in [-0.25, -0.2) is 0 Å². The molecule has 4 heteroatoms. The van der Waals surface area contributed by atoms with Crippen molar-refractivity contribution in [3.63, 3.8) is 0 Å². The van der Waals surface area contributed by atoms with E-state index in [-0.39, 0.29) is 18.3 Å². The van der Waals surface area contributed by atoms with Gasteiger partial charge in [-0.05, 0) is 50.6 Å². The summed E-state index contributed by atoms with van der Waals surface area (Å²) in [6.45, 7) is 3.16. The van der Waals surface area contributed by atoms with Crippen LogP contribution in [-0.2, 0) is 4.79 Å². The van der Waals surface area contributed by atoms with Crippen LogP contribution in [0.3, 0.4) is 0 Å². The van der Waals surface area contributed by atoms with Crippen molar-refractivity contribution in [2.75, 3.05) is 19.6 Å². The van der Waals surface area contributed by atoms with Crippen LogP contribution in [0.5, 0.6) is 0 Å². The van der Waals surface area contributed by atoms with E-state index in [1.807, 2.05) is 0 Å². The van der Waals surface area contributed by atoms with Crippen molar-refractivity contribution in [3.8, 4) is 0 Å². The van der Waals surface area contributed by atoms with Crippen LogP contribution in [-0.4, -0.2) is 25.5 Å². The summed E-state index contributed by atoms with van der Waals surface area (Å²) in [4.78, 5) is 11.7. The molecule has 1 saturated heterocycles. The quantitative estimate of drug-likeness (QED) is 0.789. The standard InChI is InChI=1S/C15H28N2O.ClH/c18-15(6-5-14-7-10-16-11-8-14)17-12-9-13-3-1-2-4-13;/h13-14,16H,1-12H2,(H,17,18);1H. The van der Waals surface area contributed by atoms with Crippen LogP contribution in [0.15, 0.2) is 0 Å². The largest absolute Gasteiger partial charge is 0.356 e. The van der Waals surface area contributed by atoms with E-state index in [2.05, 4.69) is 10.6 Å². The van der Waals surface area contributed by atoms with Gasteiger partial charge in [0.1, 0.15) is 0 Å². The summed E-state index contributed by atoms with van der Waals surface area (Å²) in [5, 5.41) is 6.46. The molecule has 0 aromatic carbocycles. The molecular weight excluding hydrogens is 260 g/mol. The molecule has 112 valence electrons. The van der Waals surface area contributed by atoms with Gasteiger partial charge in [0.05, 0.1) is 0 Å². The predicted molar refractivity (Wildman–Crippen MR) is 81.7 cm³/mol. The number of rotatable bonds is 6. The molecule has 0 radical (unpaired) electrons. The lowest BCUT2D eigenvalue weighted by molar-refractivity contribution is -0.121. The zero-order valence-corrected chi connectivity index (χ0v) is 12.8. The Labute approximate surface area is 123 Å². The lowest BCUT2D eigenvalue weighted by Crippen LogP contribution is -2.30. The number of hydrogen-bond acceptors (Lipinski definition) is 2. The number of halogens is 1. The maximum Gasteiger partial charge on any atom is 0.220 e. The summed E-state index contributed by atoms with van der Waals surface area (Å²) in [5.74, 6) is 1.92. The van der Waals surface area contributed by atoms with Crippen molar-refractivity contribution in [2.24, 2.45) is 11.8 Å². The number of amides is 1. The van der Waals surface area contributed by atoms with E-state index in [0.717, 1.165) is 44.3 Å². The second-order valence-corrected chi connectivity index (χ2v) is 6.02. The second kappa shape index (κ2) is 9.60. The SMILES string of the molecule is Cl.O=C(CCC1CCNCC1)NCCC1CCCC1. The van der Waals surface area contributed by atoms with Gasteiger partial charge in [0.15, 0.2) is 0 Å². The summed E-state index contributed by atoms with van der Waals surface area (Å²) in [6, 6.07) is 0. The highest BCUT2D eigenvalue weighted by Gasteiger charge is 2.16. The van der Waals surface area contributed by atoms with Crippen molar-refractivity contribution in [2.45, 2.75) is 57.8 Å². The molecule has 0 aromatic rings. The number of carbonyl (C=O) groups is 1. The van der Waals surface area contributed by atoms with Crippen LogP contribution < -0.4 is 10.6 Å². The van der Waals surface area contributed by atoms with E-state index in [1.165, 1.54) is 44.9 Å². The van der Waals surface area contributed by atoms with E-state index >= 15 is 0 Å². The fraction of sp³-hybridized carbons (Fsp3) is 0.933. The van der Waals surface area contributed by atoms with Crippen molar-refractivity contribution < 1.29 is 4.79 Å². The van der Waals surface area contributed by atoms with E-state index in [4.69, 9.17) is 0 Å². The molecule has 0 atom stereocenters. The first-order valence-electron chi connectivity index (χ1n) is 7.82. The van der Waals surface area contributed by atoms with Gasteiger partial charge in [-0.1, -0.05) is 25.7 Å². The van der Waals surface area contributed by atoms with Crippen LogP contribution in [0, 0.1) is 11.8 Å². The molecule has 0 unspecified atom stereocenters. The smallest absolute Gasteiger partial charge is 0.220 e. The second-order valence-electron chi connectivity index (χ2n) is 6.02. The molecule has 0 spiro atoms. The number of piperidine rings is 1. The fourth-order valence-electron chi connectivity index (χ4n) is 3.31. The fourth-order valence-corrected chi connectivity index (χ4v) is 3.31. The molecule has 19 heavy (non-hydrogen) atoms. The summed E-state index contributed by atoms with van der Waals surface area (Å²) in [5.41, 5.74) is 0. The van der Waals surface area contributed by atoms with Gasteiger partial charge in [0.2, 0.25) is 5.91 Å². The molecule has 2 fully saturated rings. The molecule has 1 aliphatic heterocycles. The van der Waals surface area contributed by atoms with Gasteiger partial charge in [-0.15, -0.1) is 12.4 Å². The monoisotopic (exact) mass is 288 g/mol. The van der Waals surface area contributed by atoms with Gasteiger partial charge in [-0.2, -0.15) is 0 Å². The van der Waals surface area contributed by atoms with Crippen LogP contribution in [0.2, 0.25) is 0 Å². The molecule has 2 N–H and O–H groups in total. The maximum atomic E-state index is 11.7. The van der Waals surface area contributed by atoms with Crippen molar-refractivity contribution >= 4 is 18.3 Å². The minimum Gasteiger partial charge on any atom is -0.356 e. The zero-order chi connectivity index (χ0) is 12.6. The number of nitrogens with one attached hydrogen (secondary N) is 2. The van der Waals surface area contributed by atoms with Gasteiger partial charge < -0.3 is 10.6 Å². The highest BCUT2D eigenvalue weighted by molar-refractivity contribution is 5.85. The number of hydrogen-bond donors (Lipinski definition) is 2. The van der Waals surface area contributed by atoms with Crippen LogP contribution in [0.4, 0.5) is 0 Å². The lowest BCUT2D eigenvalue weighted by atomic mass is 9.93. The van der Waals surface area contributed by atoms with Gasteiger partial charge >= 0.3 is 0 Å². The molecule has 3 nitrogen and oxygen atoms in total. The highest BCUT2D eigenvalue weighted by atomic mass is 35.5. The first-order chi connectivity index (χ1) is 8.84. The number of carbonyl (C=O) groups excluding carboxylic acids is 1. The third-order valence-corrected chi connectivity index (χ3v) is 4.59. The summed E-state index contributed by atoms with van der Waals surface area (Å²) in [6.07, 6.45) is 11.1. The van der Waals surface area contributed by atoms with Crippen molar-refractivity contribution in [1.82, 2.24) is 10.6 Å². The maximum absolute atomic E-state index is 11.7. The molecule has 1 saturated carbocycles. The normalized spacial score (nSPS) is 21.1. The third kappa shape index (κ3) is 6.62. The Kier molecular flexibility index (Phi) is 8.47. The predicted octanol–water partition coefficient (Wildman–Crippen LogP) is 2.88. The molecule has 0 bridgehead atoms. The minimum atomic E-state index is 0. The van der Waals surface area contributed by atoms with Crippen molar-refractivity contribution in [1.29, 1.82) is 0 Å². The molecule has 2 aliphatic rings. The molecule has 1 amide bonds. The van der Waals surface area contributed by atoms with Gasteiger partial charge in [-0.3, -0.25) is 4.79 Å². The van der Waals surface area contributed by atoms with E-state index in [9.17, 15) is 4.79 Å². The molecular formula is C15H29ClN2O. The molecule has 0 aromatic heterocycles. The zero-order valence-electron chi connectivity index (χ0n) is 12.0. The highest BCUT2D eigenvalue weighted by Crippen LogP contribution is 2.26. The average molecular weight is 289 g/mol. The van der Waals surface area contributed by atoms with Gasteiger partial charge in [0.25, 0.3) is 0 Å². The first kappa shape index (κ1) is 16.8. The van der Waals surface area contributed by atoms with Crippen LogP contribution >= 0.6 is 12.4 Å². The Bertz CT molecular complexity index is 249. The summed E-state index contributed by atoms with van der Waals surface area (Å²) < 4.78 is 0. The molecule has 1 heterocycles. The third-order valence-electron chi connectivity index (χ3n) is 4.59. The summed E-state index contributed by atoms with van der Waals surface area (Å²) in [7, 11) is 0. The Morgan fingerprint density at radius 1 is 1.00 bits per heavy atom. The first-order valence-corrected chi connectivity index (χ1v) is 7.82. The lowest BCUT2D eigenvalue weighted by Gasteiger charge is -2.22. The Morgan fingerprint density at radius 3 is 2.32 bits per heavy atom. The van der Waals surface area contributed by atoms with Crippen LogP contribution in [0.25, 0.3) is 0 Å². The molecule has 1 aliphatic carbocycles. The van der Waals surface area contributed by atoms with Crippen molar-refractivity contribution in [3.05, 3.63) is 0 Å². The Hall–Kier alpha value is -0.280. The Balaban J connectivity index is 0.00000180. The topological polar surface area (TPSA) is 41.1 Å². The van der Waals surface area contributed by atoms with Gasteiger partial charge in [0, 0.05) is 13.0 Å². The summed E-state index contributed by atoms with van der Waals surface area (Å²) >= 11 is 0. The van der Waals surface area contributed by atoms with Crippen LogP contribution in [0.1, 0.15) is 57.8 Å². The van der Waals surface area contributed by atoms with E-state index in [0.29, 0.717) is 0 Å². The van der Waals surface area contributed by atoms with E-state index < -0.39 is 0 Å². The molecule has 2 rings (SSSR count). The minimum absolute atomic E-state index is 0. The Morgan fingerprint density at radius 2 is 1.63 bits per heavy atom.